The largest absolute Gasteiger partial charge is 0.370 e. The van der Waals surface area contributed by atoms with Gasteiger partial charge in [0.15, 0.2) is 0 Å². The zero-order valence-corrected chi connectivity index (χ0v) is 11.8. The van der Waals surface area contributed by atoms with E-state index in [0.717, 1.165) is 41.0 Å². The Morgan fingerprint density at radius 1 is 1.17 bits per heavy atom. The number of hydrogen-bond acceptors (Lipinski definition) is 5. The van der Waals surface area contributed by atoms with Gasteiger partial charge in [0.25, 0.3) is 0 Å². The normalized spacial score (nSPS) is 10.6. The first-order valence-electron chi connectivity index (χ1n) is 6.17. The van der Waals surface area contributed by atoms with E-state index in [4.69, 9.17) is 0 Å². The summed E-state index contributed by atoms with van der Waals surface area (Å²) >= 11 is 1.66. The Labute approximate surface area is 112 Å². The number of rotatable bonds is 5. The molecule has 2 heterocycles. The van der Waals surface area contributed by atoms with Crippen LogP contribution in [0.4, 0.5) is 5.82 Å². The van der Waals surface area contributed by atoms with Gasteiger partial charge in [0.2, 0.25) is 0 Å². The van der Waals surface area contributed by atoms with E-state index in [1.54, 1.807) is 11.3 Å². The van der Waals surface area contributed by atoms with Gasteiger partial charge in [-0.25, -0.2) is 15.0 Å². The van der Waals surface area contributed by atoms with Crippen LogP contribution in [0.2, 0.25) is 0 Å². The van der Waals surface area contributed by atoms with Crippen molar-refractivity contribution in [2.45, 2.75) is 33.6 Å². The van der Waals surface area contributed by atoms with Crippen molar-refractivity contribution >= 4 is 17.2 Å². The third-order valence-electron chi connectivity index (χ3n) is 2.43. The first kappa shape index (κ1) is 13.0. The molecule has 2 rings (SSSR count). The van der Waals surface area contributed by atoms with E-state index in [9.17, 15) is 0 Å². The fraction of sp³-hybridized carbons (Fsp3) is 0.462. The predicted molar refractivity (Wildman–Crippen MR) is 75.2 cm³/mol. The maximum atomic E-state index is 4.52. The van der Waals surface area contributed by atoms with Gasteiger partial charge in [-0.2, -0.15) is 0 Å². The minimum atomic E-state index is 0.709. The number of nitrogens with zero attached hydrogens (tertiary/aromatic N) is 3. The summed E-state index contributed by atoms with van der Waals surface area (Å²) in [7, 11) is 0. The molecule has 4 nitrogen and oxygen atoms in total. The van der Waals surface area contributed by atoms with Gasteiger partial charge in [0.05, 0.1) is 6.42 Å². The standard InChI is InChI=1S/C13H18N4S/c1-4-5-14-11-6-9(2)15-12(17-11)7-13-16-10(3)8-18-13/h6,8H,4-5,7H2,1-3H3,(H,14,15,17). The van der Waals surface area contributed by atoms with Crippen LogP contribution >= 0.6 is 11.3 Å². The van der Waals surface area contributed by atoms with Crippen LogP contribution in [0, 0.1) is 13.8 Å². The molecule has 5 heteroatoms. The molecule has 0 aliphatic heterocycles. The Balaban J connectivity index is 2.14. The summed E-state index contributed by atoms with van der Waals surface area (Å²) in [6, 6.07) is 1.98. The maximum Gasteiger partial charge on any atom is 0.137 e. The summed E-state index contributed by atoms with van der Waals surface area (Å²) in [6.45, 7) is 7.08. The Morgan fingerprint density at radius 3 is 2.67 bits per heavy atom. The molecule has 0 spiro atoms. The number of hydrogen-bond donors (Lipinski definition) is 1. The van der Waals surface area contributed by atoms with Crippen molar-refractivity contribution in [2.75, 3.05) is 11.9 Å². The van der Waals surface area contributed by atoms with Crippen molar-refractivity contribution in [3.8, 4) is 0 Å². The third kappa shape index (κ3) is 3.50. The Hall–Kier alpha value is -1.49. The maximum absolute atomic E-state index is 4.52. The van der Waals surface area contributed by atoms with Gasteiger partial charge < -0.3 is 5.32 Å². The zero-order chi connectivity index (χ0) is 13.0. The van der Waals surface area contributed by atoms with Crippen LogP contribution in [-0.2, 0) is 6.42 Å². The molecule has 0 aliphatic carbocycles. The van der Waals surface area contributed by atoms with Crippen molar-refractivity contribution in [1.29, 1.82) is 0 Å². The lowest BCUT2D eigenvalue weighted by Gasteiger charge is -2.06. The molecule has 0 aliphatic rings. The van der Waals surface area contributed by atoms with Gasteiger partial charge in [-0.05, 0) is 20.3 Å². The molecule has 0 unspecified atom stereocenters. The van der Waals surface area contributed by atoms with Crippen molar-refractivity contribution in [1.82, 2.24) is 15.0 Å². The lowest BCUT2D eigenvalue weighted by Crippen LogP contribution is -2.06. The minimum Gasteiger partial charge on any atom is -0.370 e. The molecule has 18 heavy (non-hydrogen) atoms. The van der Waals surface area contributed by atoms with Crippen LogP contribution in [0.15, 0.2) is 11.4 Å². The summed E-state index contributed by atoms with van der Waals surface area (Å²) in [6.07, 6.45) is 1.80. The minimum absolute atomic E-state index is 0.709. The molecule has 2 aromatic rings. The van der Waals surface area contributed by atoms with Crippen LogP contribution in [0.1, 0.15) is 35.6 Å². The molecule has 96 valence electrons. The van der Waals surface area contributed by atoms with Crippen molar-refractivity contribution in [3.63, 3.8) is 0 Å². The second-order valence-electron chi connectivity index (χ2n) is 4.30. The van der Waals surface area contributed by atoms with Crippen molar-refractivity contribution in [2.24, 2.45) is 0 Å². The van der Waals surface area contributed by atoms with Crippen LogP contribution < -0.4 is 5.32 Å². The van der Waals surface area contributed by atoms with Gasteiger partial charge in [-0.15, -0.1) is 11.3 Å². The van der Waals surface area contributed by atoms with E-state index >= 15 is 0 Å². The first-order chi connectivity index (χ1) is 8.67. The molecule has 0 bridgehead atoms. The van der Waals surface area contributed by atoms with E-state index in [1.165, 1.54) is 0 Å². The van der Waals surface area contributed by atoms with Gasteiger partial charge in [-0.3, -0.25) is 0 Å². The van der Waals surface area contributed by atoms with E-state index in [2.05, 4.69) is 32.6 Å². The summed E-state index contributed by atoms with van der Waals surface area (Å²) in [4.78, 5) is 13.4. The second kappa shape index (κ2) is 5.91. The number of aromatic nitrogens is 3. The summed E-state index contributed by atoms with van der Waals surface area (Å²) in [5.41, 5.74) is 2.05. The smallest absolute Gasteiger partial charge is 0.137 e. The van der Waals surface area contributed by atoms with Gasteiger partial charge in [0, 0.05) is 29.4 Å². The monoisotopic (exact) mass is 262 g/mol. The Bertz CT molecular complexity index is 521. The SMILES string of the molecule is CCCNc1cc(C)nc(Cc2nc(C)cs2)n1. The van der Waals surface area contributed by atoms with Gasteiger partial charge in [-0.1, -0.05) is 6.92 Å². The van der Waals surface area contributed by atoms with Crippen molar-refractivity contribution in [3.05, 3.63) is 33.7 Å². The molecule has 2 aromatic heterocycles. The summed E-state index contributed by atoms with van der Waals surface area (Å²) < 4.78 is 0. The molecule has 0 atom stereocenters. The fourth-order valence-corrected chi connectivity index (χ4v) is 2.44. The number of nitrogens with one attached hydrogen (secondary N) is 1. The van der Waals surface area contributed by atoms with Crippen LogP contribution in [-0.4, -0.2) is 21.5 Å². The first-order valence-corrected chi connectivity index (χ1v) is 7.04. The predicted octanol–water partition coefficient (Wildman–Crippen LogP) is 2.96. The van der Waals surface area contributed by atoms with Crippen molar-refractivity contribution < 1.29 is 0 Å². The van der Waals surface area contributed by atoms with Gasteiger partial charge >= 0.3 is 0 Å². The van der Waals surface area contributed by atoms with Crippen LogP contribution in [0.3, 0.4) is 0 Å². The molecular formula is C13H18N4S. The number of aryl methyl sites for hydroxylation is 2. The molecule has 1 N–H and O–H groups in total. The third-order valence-corrected chi connectivity index (χ3v) is 3.40. The Kier molecular flexibility index (Phi) is 4.25. The highest BCUT2D eigenvalue weighted by Gasteiger charge is 2.06. The van der Waals surface area contributed by atoms with Crippen LogP contribution in [0.25, 0.3) is 0 Å². The molecule has 0 aromatic carbocycles. The highest BCUT2D eigenvalue weighted by molar-refractivity contribution is 7.09. The van der Waals surface area contributed by atoms with Crippen LogP contribution in [0.5, 0.6) is 0 Å². The molecular weight excluding hydrogens is 244 g/mol. The van der Waals surface area contributed by atoms with E-state index < -0.39 is 0 Å². The van der Waals surface area contributed by atoms with E-state index in [-0.39, 0.29) is 0 Å². The topological polar surface area (TPSA) is 50.7 Å². The summed E-state index contributed by atoms with van der Waals surface area (Å²) in [5, 5.41) is 6.42. The molecule has 0 saturated heterocycles. The van der Waals surface area contributed by atoms with Gasteiger partial charge in [0.1, 0.15) is 16.6 Å². The number of thiazole rings is 1. The van der Waals surface area contributed by atoms with E-state index in [1.807, 2.05) is 19.9 Å². The average molecular weight is 262 g/mol. The molecule has 0 saturated carbocycles. The Morgan fingerprint density at radius 2 is 2.00 bits per heavy atom. The quantitative estimate of drug-likeness (QED) is 0.900. The highest BCUT2D eigenvalue weighted by Crippen LogP contribution is 2.14. The highest BCUT2D eigenvalue weighted by atomic mass is 32.1. The second-order valence-corrected chi connectivity index (χ2v) is 5.24. The summed E-state index contributed by atoms with van der Waals surface area (Å²) in [5.74, 6) is 1.75. The lowest BCUT2D eigenvalue weighted by molar-refractivity contribution is 0.910. The fourth-order valence-electron chi connectivity index (χ4n) is 1.67. The molecule has 0 radical (unpaired) electrons. The molecule has 0 fully saturated rings. The lowest BCUT2D eigenvalue weighted by atomic mass is 10.3. The average Bonchev–Trinajstić information content (AvgIpc) is 2.71. The molecule has 0 amide bonds. The number of anilines is 1. The zero-order valence-electron chi connectivity index (χ0n) is 11.0. The van der Waals surface area contributed by atoms with E-state index in [0.29, 0.717) is 6.42 Å².